The standard InChI is InChI=1S/C15H29NO/c1-3-5-12-8-9-15(17)14(10-12)16(4-2)11-13-6-7-13/h12-15,17H,3-11H2,1-2H3. The Kier molecular flexibility index (Phi) is 4.87. The van der Waals surface area contributed by atoms with Gasteiger partial charge >= 0.3 is 0 Å². The van der Waals surface area contributed by atoms with Crippen molar-refractivity contribution in [2.24, 2.45) is 11.8 Å². The Morgan fingerprint density at radius 3 is 2.35 bits per heavy atom. The van der Waals surface area contributed by atoms with E-state index in [0.29, 0.717) is 6.04 Å². The van der Waals surface area contributed by atoms with Gasteiger partial charge in [0.25, 0.3) is 0 Å². The van der Waals surface area contributed by atoms with Crippen LogP contribution in [0.5, 0.6) is 0 Å². The number of rotatable bonds is 6. The minimum atomic E-state index is -0.0678. The van der Waals surface area contributed by atoms with E-state index < -0.39 is 0 Å². The van der Waals surface area contributed by atoms with Gasteiger partial charge in [-0.15, -0.1) is 0 Å². The quantitative estimate of drug-likeness (QED) is 0.770. The van der Waals surface area contributed by atoms with Gasteiger partial charge in [0.05, 0.1) is 6.10 Å². The van der Waals surface area contributed by atoms with E-state index in [1.165, 1.54) is 45.1 Å². The van der Waals surface area contributed by atoms with Crippen molar-refractivity contribution >= 4 is 0 Å². The van der Waals surface area contributed by atoms with Crippen molar-refractivity contribution in [2.75, 3.05) is 13.1 Å². The van der Waals surface area contributed by atoms with Crippen LogP contribution in [0.4, 0.5) is 0 Å². The molecule has 0 spiro atoms. The van der Waals surface area contributed by atoms with Gasteiger partial charge in [-0.25, -0.2) is 0 Å². The van der Waals surface area contributed by atoms with Crippen LogP contribution in [0.1, 0.15) is 58.8 Å². The molecule has 0 saturated heterocycles. The van der Waals surface area contributed by atoms with Crippen LogP contribution in [-0.2, 0) is 0 Å². The molecule has 2 fully saturated rings. The molecule has 2 saturated carbocycles. The molecule has 1 N–H and O–H groups in total. The number of hydrogen-bond acceptors (Lipinski definition) is 2. The summed E-state index contributed by atoms with van der Waals surface area (Å²) in [5, 5.41) is 10.2. The topological polar surface area (TPSA) is 23.5 Å². The summed E-state index contributed by atoms with van der Waals surface area (Å²) in [5.74, 6) is 1.80. The fraction of sp³-hybridized carbons (Fsp3) is 1.00. The minimum Gasteiger partial charge on any atom is -0.391 e. The predicted octanol–water partition coefficient (Wildman–Crippen LogP) is 3.05. The van der Waals surface area contributed by atoms with Crippen LogP contribution in [0, 0.1) is 11.8 Å². The molecule has 0 heterocycles. The summed E-state index contributed by atoms with van der Waals surface area (Å²) in [7, 11) is 0. The Morgan fingerprint density at radius 1 is 1.06 bits per heavy atom. The van der Waals surface area contributed by atoms with Crippen molar-refractivity contribution in [2.45, 2.75) is 70.9 Å². The highest BCUT2D eigenvalue weighted by Crippen LogP contribution is 2.35. The number of nitrogens with zero attached hydrogens (tertiary/aromatic N) is 1. The fourth-order valence-corrected chi connectivity index (χ4v) is 3.41. The highest BCUT2D eigenvalue weighted by atomic mass is 16.3. The van der Waals surface area contributed by atoms with Crippen LogP contribution in [0.25, 0.3) is 0 Å². The third-order valence-electron chi connectivity index (χ3n) is 4.65. The van der Waals surface area contributed by atoms with Crippen molar-refractivity contribution in [3.8, 4) is 0 Å². The molecular formula is C15H29NO. The van der Waals surface area contributed by atoms with Gasteiger partial charge in [0.15, 0.2) is 0 Å². The van der Waals surface area contributed by atoms with E-state index in [2.05, 4.69) is 18.7 Å². The number of aliphatic hydroxyl groups is 1. The summed E-state index contributed by atoms with van der Waals surface area (Å²) in [6, 6.07) is 0.450. The first-order valence-electron chi connectivity index (χ1n) is 7.66. The normalized spacial score (nSPS) is 34.2. The van der Waals surface area contributed by atoms with Crippen LogP contribution < -0.4 is 0 Å². The molecule has 2 rings (SSSR count). The fourth-order valence-electron chi connectivity index (χ4n) is 3.41. The molecule has 3 unspecified atom stereocenters. The van der Waals surface area contributed by atoms with Crippen LogP contribution in [0.3, 0.4) is 0 Å². The lowest BCUT2D eigenvalue weighted by molar-refractivity contribution is 0.00177. The van der Waals surface area contributed by atoms with Crippen LogP contribution in [0.15, 0.2) is 0 Å². The van der Waals surface area contributed by atoms with Gasteiger partial charge < -0.3 is 5.11 Å². The summed E-state index contributed by atoms with van der Waals surface area (Å²) < 4.78 is 0. The largest absolute Gasteiger partial charge is 0.391 e. The van der Waals surface area contributed by atoms with Crippen molar-refractivity contribution in [3.63, 3.8) is 0 Å². The van der Waals surface area contributed by atoms with Crippen molar-refractivity contribution in [1.82, 2.24) is 4.90 Å². The number of likely N-dealkylation sites (N-methyl/N-ethyl adjacent to an activating group) is 1. The van der Waals surface area contributed by atoms with E-state index in [9.17, 15) is 5.11 Å². The van der Waals surface area contributed by atoms with E-state index in [0.717, 1.165) is 24.8 Å². The van der Waals surface area contributed by atoms with Gasteiger partial charge in [-0.2, -0.15) is 0 Å². The lowest BCUT2D eigenvalue weighted by Crippen LogP contribution is -2.48. The molecule has 0 aromatic carbocycles. The van der Waals surface area contributed by atoms with Gasteiger partial charge in [0, 0.05) is 12.6 Å². The number of aliphatic hydroxyl groups excluding tert-OH is 1. The highest BCUT2D eigenvalue weighted by Gasteiger charge is 2.34. The average Bonchev–Trinajstić information content (AvgIpc) is 3.13. The molecule has 2 aliphatic carbocycles. The first-order chi connectivity index (χ1) is 8.24. The summed E-state index contributed by atoms with van der Waals surface area (Å²) in [4.78, 5) is 2.56. The first-order valence-corrected chi connectivity index (χ1v) is 7.66. The maximum Gasteiger partial charge on any atom is 0.0695 e. The van der Waals surface area contributed by atoms with Crippen LogP contribution >= 0.6 is 0 Å². The SMILES string of the molecule is CCCC1CCC(O)C(N(CC)CC2CC2)C1. The molecule has 17 heavy (non-hydrogen) atoms. The molecule has 2 nitrogen and oxygen atoms in total. The molecule has 0 radical (unpaired) electrons. The van der Waals surface area contributed by atoms with E-state index in [4.69, 9.17) is 0 Å². The molecule has 0 aromatic rings. The molecule has 3 atom stereocenters. The predicted molar refractivity (Wildman–Crippen MR) is 72.0 cm³/mol. The smallest absolute Gasteiger partial charge is 0.0695 e. The Bertz CT molecular complexity index is 227. The van der Waals surface area contributed by atoms with Gasteiger partial charge in [-0.1, -0.05) is 26.7 Å². The lowest BCUT2D eigenvalue weighted by atomic mass is 9.80. The minimum absolute atomic E-state index is 0.0678. The van der Waals surface area contributed by atoms with E-state index in [-0.39, 0.29) is 6.10 Å². The second kappa shape index (κ2) is 6.19. The highest BCUT2D eigenvalue weighted by molar-refractivity contribution is 4.89. The van der Waals surface area contributed by atoms with Crippen molar-refractivity contribution < 1.29 is 5.11 Å². The van der Waals surface area contributed by atoms with Gasteiger partial charge in [-0.3, -0.25) is 4.90 Å². The van der Waals surface area contributed by atoms with Crippen molar-refractivity contribution in [1.29, 1.82) is 0 Å². The Hall–Kier alpha value is -0.0800. The molecule has 0 aliphatic heterocycles. The van der Waals surface area contributed by atoms with Gasteiger partial charge in [0.2, 0.25) is 0 Å². The summed E-state index contributed by atoms with van der Waals surface area (Å²) >= 11 is 0. The van der Waals surface area contributed by atoms with Crippen LogP contribution in [0.2, 0.25) is 0 Å². The third kappa shape index (κ3) is 3.69. The van der Waals surface area contributed by atoms with Gasteiger partial charge in [0.1, 0.15) is 0 Å². The molecule has 100 valence electrons. The first kappa shape index (κ1) is 13.4. The maximum absolute atomic E-state index is 10.2. The summed E-state index contributed by atoms with van der Waals surface area (Å²) in [5.41, 5.74) is 0. The third-order valence-corrected chi connectivity index (χ3v) is 4.65. The van der Waals surface area contributed by atoms with E-state index >= 15 is 0 Å². The Labute approximate surface area is 106 Å². The Balaban J connectivity index is 1.89. The molecule has 0 aromatic heterocycles. The average molecular weight is 239 g/mol. The summed E-state index contributed by atoms with van der Waals surface area (Å²) in [6.45, 7) is 6.87. The zero-order valence-electron chi connectivity index (χ0n) is 11.6. The Morgan fingerprint density at radius 2 is 1.76 bits per heavy atom. The molecule has 2 aliphatic rings. The zero-order chi connectivity index (χ0) is 12.3. The van der Waals surface area contributed by atoms with Crippen LogP contribution in [-0.4, -0.2) is 35.2 Å². The second-order valence-corrected chi connectivity index (χ2v) is 6.13. The number of hydrogen-bond donors (Lipinski definition) is 1. The van der Waals surface area contributed by atoms with Crippen molar-refractivity contribution in [3.05, 3.63) is 0 Å². The molecule has 0 amide bonds. The molecule has 0 bridgehead atoms. The van der Waals surface area contributed by atoms with E-state index in [1.54, 1.807) is 0 Å². The monoisotopic (exact) mass is 239 g/mol. The lowest BCUT2D eigenvalue weighted by Gasteiger charge is -2.40. The van der Waals surface area contributed by atoms with E-state index in [1.807, 2.05) is 0 Å². The molecular weight excluding hydrogens is 210 g/mol. The molecule has 2 heteroatoms. The zero-order valence-corrected chi connectivity index (χ0v) is 11.6. The second-order valence-electron chi connectivity index (χ2n) is 6.13. The maximum atomic E-state index is 10.2. The van der Waals surface area contributed by atoms with Gasteiger partial charge in [-0.05, 0) is 50.5 Å². The summed E-state index contributed by atoms with van der Waals surface area (Å²) in [6.07, 6.45) is 8.90.